The number of carbonyl (C=O) groups excluding carboxylic acids is 4. The zero-order valence-corrected chi connectivity index (χ0v) is 37.0. The predicted molar refractivity (Wildman–Crippen MR) is 237 cm³/mol. The lowest BCUT2D eigenvalue weighted by molar-refractivity contribution is -0.280. The first kappa shape index (κ1) is 46.8. The number of ether oxygens (including phenoxy) is 6. The molecule has 0 spiro atoms. The van der Waals surface area contributed by atoms with E-state index in [4.69, 9.17) is 42.0 Å². The zero-order chi connectivity index (χ0) is 45.6. The van der Waals surface area contributed by atoms with Crippen LogP contribution in [0.2, 0.25) is 0 Å². The molecule has 14 nitrogen and oxygen atoms in total. The highest BCUT2D eigenvalue weighted by atomic mass is 31.2. The van der Waals surface area contributed by atoms with E-state index in [2.05, 4.69) is 0 Å². The first-order valence-corrected chi connectivity index (χ1v) is 23.1. The standard InChI is InChI=1S/C50H51O14P/c1-3-5-30-58-65(55,59-31-6-4-2)64-49-45(63-48(53)36-24-14-9-15-25-36)44(62-47(52)35-22-12-8-13-23-35)43(61-46(51)34-20-10-7-11-21-34)42(60-49)33-57-50(54)56-32-41-39-28-18-16-26-37(39)38-27-17-19-29-40(38)41/h7-29,41-45,49H,3-6,30-33H2,1-2H3/t42-,43-,44+,45+,49-/m1/s1. The summed E-state index contributed by atoms with van der Waals surface area (Å²) in [5, 5.41) is 0. The number of phosphoric ester groups is 1. The maximum absolute atomic E-state index is 14.5. The molecule has 0 unspecified atom stereocenters. The van der Waals surface area contributed by atoms with Gasteiger partial charge in [0.1, 0.15) is 19.3 Å². The second-order valence-corrected chi connectivity index (χ2v) is 16.9. The van der Waals surface area contributed by atoms with Crippen LogP contribution in [0.15, 0.2) is 140 Å². The summed E-state index contributed by atoms with van der Waals surface area (Å²) < 4.78 is 68.2. The van der Waals surface area contributed by atoms with Crippen molar-refractivity contribution < 1.29 is 65.7 Å². The molecule has 2 aliphatic rings. The number of hydrogen-bond acceptors (Lipinski definition) is 14. The number of fused-ring (bicyclic) bond motifs is 3. The summed E-state index contributed by atoms with van der Waals surface area (Å²) in [5.41, 5.74) is 4.34. The van der Waals surface area contributed by atoms with Crippen LogP contribution in [0.4, 0.5) is 4.79 Å². The fraction of sp³-hybridized carbons (Fsp3) is 0.320. The van der Waals surface area contributed by atoms with Crippen molar-refractivity contribution in [3.05, 3.63) is 167 Å². The SMILES string of the molecule is CCCCOP(=O)(OCCCC)O[C@H]1O[C@H](COC(=O)OCC2c3ccccc3-c3ccccc32)[C@@H](OC(=O)c2ccccc2)[C@H](OC(=O)c2ccccc2)[C@@H]1OC(=O)c1ccccc1. The van der Waals surface area contributed by atoms with E-state index in [1.165, 1.54) is 36.4 Å². The van der Waals surface area contributed by atoms with Gasteiger partial charge in [0.2, 0.25) is 6.29 Å². The molecule has 0 radical (unpaired) electrons. The minimum atomic E-state index is -4.55. The van der Waals surface area contributed by atoms with Gasteiger partial charge in [0.05, 0.1) is 29.9 Å². The molecule has 0 aromatic heterocycles. The van der Waals surface area contributed by atoms with Crippen LogP contribution in [0.25, 0.3) is 11.1 Å². The topological polar surface area (TPSA) is 168 Å². The number of rotatable bonds is 20. The largest absolute Gasteiger partial charge is 0.508 e. The van der Waals surface area contributed by atoms with Crippen molar-refractivity contribution in [2.24, 2.45) is 0 Å². The molecule has 65 heavy (non-hydrogen) atoms. The van der Waals surface area contributed by atoms with Gasteiger partial charge in [-0.25, -0.2) is 23.7 Å². The fourth-order valence-electron chi connectivity index (χ4n) is 7.45. The highest BCUT2D eigenvalue weighted by Crippen LogP contribution is 2.53. The molecular weight excluding hydrogens is 856 g/mol. The quantitative estimate of drug-likeness (QED) is 0.0313. The average Bonchev–Trinajstić information content (AvgIpc) is 3.66. The van der Waals surface area contributed by atoms with E-state index < -0.39 is 69.2 Å². The van der Waals surface area contributed by atoms with Crippen molar-refractivity contribution in [2.45, 2.75) is 76.2 Å². The number of unbranched alkanes of at least 4 members (excludes halogenated alkanes) is 2. The number of phosphoric acid groups is 1. The normalized spacial score (nSPS) is 19.0. The second kappa shape index (κ2) is 22.7. The van der Waals surface area contributed by atoms with Crippen LogP contribution < -0.4 is 0 Å². The Morgan fingerprint density at radius 1 is 0.523 bits per heavy atom. The summed E-state index contributed by atoms with van der Waals surface area (Å²) in [5.74, 6) is -2.98. The van der Waals surface area contributed by atoms with Gasteiger partial charge in [-0.15, -0.1) is 0 Å². The Bertz CT molecular complexity index is 2350. The molecular formula is C50H51O14P. The lowest BCUT2D eigenvalue weighted by atomic mass is 9.97. The smallest absolute Gasteiger partial charge is 0.452 e. The Morgan fingerprint density at radius 2 is 0.938 bits per heavy atom. The molecule has 5 atom stereocenters. The van der Waals surface area contributed by atoms with Crippen LogP contribution in [-0.4, -0.2) is 81.2 Å². The van der Waals surface area contributed by atoms with Gasteiger partial charge in [0, 0.05) is 5.92 Å². The number of benzene rings is 5. The summed E-state index contributed by atoms with van der Waals surface area (Å²) >= 11 is 0. The number of carbonyl (C=O) groups is 4. The van der Waals surface area contributed by atoms with Crippen molar-refractivity contribution >= 4 is 31.9 Å². The van der Waals surface area contributed by atoms with Gasteiger partial charge in [-0.1, -0.05) is 130 Å². The summed E-state index contributed by atoms with van der Waals surface area (Å²) in [6.45, 7) is 3.02. The summed E-state index contributed by atoms with van der Waals surface area (Å²) in [6, 6.07) is 39.6. The Kier molecular flexibility index (Phi) is 16.3. The Hall–Kier alpha value is -6.15. The molecule has 15 heteroatoms. The zero-order valence-electron chi connectivity index (χ0n) is 36.1. The number of esters is 3. The van der Waals surface area contributed by atoms with E-state index in [0.717, 1.165) is 22.3 Å². The summed E-state index contributed by atoms with van der Waals surface area (Å²) in [4.78, 5) is 55.4. The fourth-order valence-corrected chi connectivity index (χ4v) is 8.77. The number of hydrogen-bond donors (Lipinski definition) is 0. The molecule has 1 saturated heterocycles. The monoisotopic (exact) mass is 906 g/mol. The molecule has 5 aromatic carbocycles. The first-order chi connectivity index (χ1) is 31.7. The molecule has 1 aliphatic heterocycles. The highest BCUT2D eigenvalue weighted by molar-refractivity contribution is 7.48. The minimum Gasteiger partial charge on any atom is -0.452 e. The average molecular weight is 907 g/mol. The molecule has 1 fully saturated rings. The van der Waals surface area contributed by atoms with E-state index in [1.807, 2.05) is 62.4 Å². The molecule has 5 aromatic rings. The van der Waals surface area contributed by atoms with Gasteiger partial charge in [-0.05, 0) is 71.5 Å². The summed E-state index contributed by atoms with van der Waals surface area (Å²) in [7, 11) is -4.55. The molecule has 0 amide bonds. The van der Waals surface area contributed by atoms with Crippen LogP contribution in [0, 0.1) is 0 Å². The van der Waals surface area contributed by atoms with Crippen LogP contribution in [0.3, 0.4) is 0 Å². The van der Waals surface area contributed by atoms with Crippen molar-refractivity contribution in [1.82, 2.24) is 0 Å². The highest BCUT2D eigenvalue weighted by Gasteiger charge is 2.56. The first-order valence-electron chi connectivity index (χ1n) is 21.7. The second-order valence-electron chi connectivity index (χ2n) is 15.3. The minimum absolute atomic E-state index is 0.0286. The molecule has 0 bridgehead atoms. The van der Waals surface area contributed by atoms with E-state index in [1.54, 1.807) is 54.6 Å². The lowest BCUT2D eigenvalue weighted by Gasteiger charge is -2.44. The summed E-state index contributed by atoms with van der Waals surface area (Å²) in [6.07, 6.45) is -7.37. The van der Waals surface area contributed by atoms with Crippen LogP contribution in [-0.2, 0) is 46.6 Å². The lowest BCUT2D eigenvalue weighted by Crippen LogP contribution is -2.63. The van der Waals surface area contributed by atoms with Gasteiger partial charge < -0.3 is 28.4 Å². The Labute approximate surface area is 377 Å². The molecule has 340 valence electrons. The Balaban J connectivity index is 1.24. The van der Waals surface area contributed by atoms with Crippen molar-refractivity contribution in [3.8, 4) is 11.1 Å². The predicted octanol–water partition coefficient (Wildman–Crippen LogP) is 10.1. The van der Waals surface area contributed by atoms with Gasteiger partial charge in [0.25, 0.3) is 0 Å². The van der Waals surface area contributed by atoms with Crippen molar-refractivity contribution in [2.75, 3.05) is 26.4 Å². The van der Waals surface area contributed by atoms with E-state index in [9.17, 15) is 23.7 Å². The van der Waals surface area contributed by atoms with Crippen LogP contribution >= 0.6 is 7.82 Å². The van der Waals surface area contributed by atoms with E-state index >= 15 is 0 Å². The molecule has 7 rings (SSSR count). The van der Waals surface area contributed by atoms with Gasteiger partial charge >= 0.3 is 31.9 Å². The van der Waals surface area contributed by atoms with Crippen LogP contribution in [0.5, 0.6) is 0 Å². The third kappa shape index (κ3) is 12.0. The van der Waals surface area contributed by atoms with E-state index in [-0.39, 0.29) is 42.4 Å². The molecule has 1 aliphatic carbocycles. The third-order valence-corrected chi connectivity index (χ3v) is 12.2. The van der Waals surface area contributed by atoms with Crippen LogP contribution in [0.1, 0.15) is 87.6 Å². The maximum Gasteiger partial charge on any atom is 0.508 e. The van der Waals surface area contributed by atoms with E-state index in [0.29, 0.717) is 25.7 Å². The molecule has 0 saturated carbocycles. The van der Waals surface area contributed by atoms with Gasteiger partial charge in [0.15, 0.2) is 18.3 Å². The van der Waals surface area contributed by atoms with Crippen molar-refractivity contribution in [1.29, 1.82) is 0 Å². The third-order valence-electron chi connectivity index (χ3n) is 10.8. The maximum atomic E-state index is 14.5. The van der Waals surface area contributed by atoms with Crippen molar-refractivity contribution in [3.63, 3.8) is 0 Å². The Morgan fingerprint density at radius 3 is 1.42 bits per heavy atom. The van der Waals surface area contributed by atoms with Gasteiger partial charge in [-0.2, -0.15) is 0 Å². The molecule has 1 heterocycles. The van der Waals surface area contributed by atoms with Gasteiger partial charge in [-0.3, -0.25) is 13.6 Å². The molecule has 0 N–H and O–H groups in total.